The van der Waals surface area contributed by atoms with Crippen LogP contribution >= 0.6 is 0 Å². The number of anilines is 2. The number of methoxy groups -OCH3 is 1. The maximum absolute atomic E-state index is 12.7. The molecule has 0 radical (unpaired) electrons. The number of amides is 2. The van der Waals surface area contributed by atoms with E-state index in [0.717, 1.165) is 0 Å². The summed E-state index contributed by atoms with van der Waals surface area (Å²) in [4.78, 5) is 37.7. The molecule has 31 heavy (non-hydrogen) atoms. The average Bonchev–Trinajstić information content (AvgIpc) is 2.79. The highest BCUT2D eigenvalue weighted by molar-refractivity contribution is 5.95. The van der Waals surface area contributed by atoms with Gasteiger partial charge in [-0.05, 0) is 51.1 Å². The van der Waals surface area contributed by atoms with Gasteiger partial charge < -0.3 is 15.4 Å². The van der Waals surface area contributed by atoms with E-state index in [2.05, 4.69) is 10.6 Å². The van der Waals surface area contributed by atoms with Gasteiger partial charge in [0.15, 0.2) is 0 Å². The molecule has 0 aromatic heterocycles. The number of hydrogen-bond donors (Lipinski definition) is 2. The molecule has 0 bridgehead atoms. The Morgan fingerprint density at radius 2 is 1.84 bits per heavy atom. The van der Waals surface area contributed by atoms with E-state index in [-0.39, 0.29) is 23.4 Å². The molecule has 1 aliphatic rings. The molecule has 1 aliphatic heterocycles. The summed E-state index contributed by atoms with van der Waals surface area (Å²) in [5.74, 6) is 0.170. The van der Waals surface area contributed by atoms with E-state index in [4.69, 9.17) is 4.74 Å². The fraction of sp³-hybridized carbons (Fsp3) is 0.364. The van der Waals surface area contributed by atoms with Crippen molar-refractivity contribution < 1.29 is 19.2 Å². The lowest BCUT2D eigenvalue weighted by atomic mass is 9.94. The van der Waals surface area contributed by atoms with Crippen LogP contribution in [0.2, 0.25) is 0 Å². The molecular weight excluding hydrogens is 400 g/mol. The van der Waals surface area contributed by atoms with Gasteiger partial charge in [-0.3, -0.25) is 24.6 Å². The lowest BCUT2D eigenvalue weighted by Crippen LogP contribution is -2.47. The highest BCUT2D eigenvalue weighted by Crippen LogP contribution is 2.26. The Morgan fingerprint density at radius 3 is 2.52 bits per heavy atom. The second kappa shape index (κ2) is 10.0. The number of ether oxygens (including phenoxy) is 1. The first-order valence-electron chi connectivity index (χ1n) is 10.1. The third kappa shape index (κ3) is 5.58. The minimum Gasteiger partial charge on any atom is -0.495 e. The molecule has 0 aliphatic carbocycles. The molecule has 164 valence electrons. The average molecular weight is 426 g/mol. The van der Waals surface area contributed by atoms with E-state index in [1.165, 1.54) is 18.2 Å². The Kier molecular flexibility index (Phi) is 7.19. The van der Waals surface area contributed by atoms with Crippen molar-refractivity contribution in [2.45, 2.75) is 25.8 Å². The van der Waals surface area contributed by atoms with E-state index >= 15 is 0 Å². The quantitative estimate of drug-likeness (QED) is 0.519. The van der Waals surface area contributed by atoms with Gasteiger partial charge in [-0.25, -0.2) is 0 Å². The molecule has 2 amide bonds. The van der Waals surface area contributed by atoms with Crippen LogP contribution in [0, 0.1) is 16.0 Å². The Bertz CT molecular complexity index is 956. The maximum Gasteiger partial charge on any atom is 0.271 e. The smallest absolute Gasteiger partial charge is 0.271 e. The number of para-hydroxylation sites is 2. The van der Waals surface area contributed by atoms with E-state index in [1.54, 1.807) is 32.2 Å². The van der Waals surface area contributed by atoms with E-state index in [9.17, 15) is 19.7 Å². The lowest BCUT2D eigenvalue weighted by molar-refractivity contribution is -0.384. The number of carbonyl (C=O) groups is 2. The fourth-order valence-corrected chi connectivity index (χ4v) is 3.64. The molecule has 1 unspecified atom stereocenters. The normalized spacial score (nSPS) is 15.7. The van der Waals surface area contributed by atoms with Gasteiger partial charge in [-0.2, -0.15) is 0 Å². The van der Waals surface area contributed by atoms with Crippen molar-refractivity contribution in [1.29, 1.82) is 0 Å². The number of nitrogens with one attached hydrogen (secondary N) is 2. The monoisotopic (exact) mass is 426 g/mol. The van der Waals surface area contributed by atoms with Crippen LogP contribution in [0.25, 0.3) is 0 Å². The number of piperidine rings is 1. The molecule has 9 nitrogen and oxygen atoms in total. The molecule has 2 N–H and O–H groups in total. The Hall–Kier alpha value is -3.46. The standard InChI is InChI=1S/C22H26N4O5/c1-15(21(27)23-17-6-5-7-18(14-17)26(29)30)25-12-10-16(11-13-25)22(28)24-19-8-3-4-9-20(19)31-2/h3-9,14-16H,10-13H2,1-2H3,(H,23,27)(H,24,28). The van der Waals surface area contributed by atoms with Gasteiger partial charge in [0.2, 0.25) is 11.8 Å². The van der Waals surface area contributed by atoms with Crippen LogP contribution in [-0.2, 0) is 9.59 Å². The number of hydrogen-bond acceptors (Lipinski definition) is 6. The summed E-state index contributed by atoms with van der Waals surface area (Å²) in [5, 5.41) is 16.6. The molecule has 2 aromatic rings. The van der Waals surface area contributed by atoms with Crippen LogP contribution in [0.1, 0.15) is 19.8 Å². The number of nitro benzene ring substituents is 1. The van der Waals surface area contributed by atoms with E-state index in [0.29, 0.717) is 43.1 Å². The minimum absolute atomic E-state index is 0.0575. The third-order valence-electron chi connectivity index (χ3n) is 5.52. The topological polar surface area (TPSA) is 114 Å². The van der Waals surface area contributed by atoms with E-state index < -0.39 is 11.0 Å². The third-order valence-corrected chi connectivity index (χ3v) is 5.52. The van der Waals surface area contributed by atoms with Crippen LogP contribution < -0.4 is 15.4 Å². The van der Waals surface area contributed by atoms with Gasteiger partial charge in [-0.1, -0.05) is 18.2 Å². The zero-order valence-corrected chi connectivity index (χ0v) is 17.5. The Labute approximate surface area is 180 Å². The molecule has 1 atom stereocenters. The van der Waals surface area contributed by atoms with Crippen molar-refractivity contribution in [1.82, 2.24) is 4.90 Å². The first kappa shape index (κ1) is 22.2. The van der Waals surface area contributed by atoms with Gasteiger partial charge in [0, 0.05) is 23.7 Å². The van der Waals surface area contributed by atoms with Crippen LogP contribution in [-0.4, -0.2) is 47.9 Å². The second-order valence-electron chi connectivity index (χ2n) is 7.47. The molecule has 1 heterocycles. The van der Waals surface area contributed by atoms with Crippen molar-refractivity contribution in [2.75, 3.05) is 30.8 Å². The van der Waals surface area contributed by atoms with Gasteiger partial charge in [0.1, 0.15) is 5.75 Å². The van der Waals surface area contributed by atoms with Gasteiger partial charge in [0.05, 0.1) is 23.8 Å². The lowest BCUT2D eigenvalue weighted by Gasteiger charge is -2.34. The summed E-state index contributed by atoms with van der Waals surface area (Å²) in [6, 6.07) is 12.7. The summed E-state index contributed by atoms with van der Waals surface area (Å²) < 4.78 is 5.27. The molecule has 9 heteroatoms. The number of nitrogens with zero attached hydrogens (tertiary/aromatic N) is 2. The van der Waals surface area contributed by atoms with E-state index in [1.807, 2.05) is 17.0 Å². The van der Waals surface area contributed by atoms with Gasteiger partial charge in [-0.15, -0.1) is 0 Å². The predicted octanol–water partition coefficient (Wildman–Crippen LogP) is 3.28. The summed E-state index contributed by atoms with van der Waals surface area (Å²) in [6.07, 6.45) is 1.27. The number of nitro groups is 1. The molecular formula is C22H26N4O5. The number of benzene rings is 2. The van der Waals surface area contributed by atoms with Crippen LogP contribution in [0.5, 0.6) is 5.75 Å². The summed E-state index contributed by atoms with van der Waals surface area (Å²) in [5.41, 5.74) is 0.951. The molecule has 0 spiro atoms. The van der Waals surface area contributed by atoms with Crippen molar-refractivity contribution in [2.24, 2.45) is 5.92 Å². The predicted molar refractivity (Wildman–Crippen MR) is 117 cm³/mol. The number of non-ortho nitro benzene ring substituents is 1. The largest absolute Gasteiger partial charge is 0.495 e. The SMILES string of the molecule is COc1ccccc1NC(=O)C1CCN(C(C)C(=O)Nc2cccc([N+](=O)[O-])c2)CC1. The zero-order chi connectivity index (χ0) is 22.4. The second-order valence-corrected chi connectivity index (χ2v) is 7.47. The molecule has 2 aromatic carbocycles. The highest BCUT2D eigenvalue weighted by Gasteiger charge is 2.30. The first-order chi connectivity index (χ1) is 14.9. The van der Waals surface area contributed by atoms with Gasteiger partial charge in [0.25, 0.3) is 5.69 Å². The van der Waals surface area contributed by atoms with Gasteiger partial charge >= 0.3 is 0 Å². The Balaban J connectivity index is 1.52. The highest BCUT2D eigenvalue weighted by atomic mass is 16.6. The zero-order valence-electron chi connectivity index (χ0n) is 17.5. The number of likely N-dealkylation sites (tertiary alicyclic amines) is 1. The van der Waals surface area contributed by atoms with Crippen molar-refractivity contribution in [3.05, 3.63) is 58.6 Å². The van der Waals surface area contributed by atoms with Crippen LogP contribution in [0.15, 0.2) is 48.5 Å². The fourth-order valence-electron chi connectivity index (χ4n) is 3.64. The molecule has 1 fully saturated rings. The number of rotatable bonds is 7. The van der Waals surface area contributed by atoms with Crippen molar-refractivity contribution in [3.63, 3.8) is 0 Å². The first-order valence-corrected chi connectivity index (χ1v) is 10.1. The van der Waals surface area contributed by atoms with Crippen LogP contribution in [0.3, 0.4) is 0 Å². The van der Waals surface area contributed by atoms with Crippen molar-refractivity contribution in [3.8, 4) is 5.75 Å². The minimum atomic E-state index is -0.500. The molecule has 3 rings (SSSR count). The Morgan fingerprint density at radius 1 is 1.13 bits per heavy atom. The summed E-state index contributed by atoms with van der Waals surface area (Å²) in [7, 11) is 1.56. The summed E-state index contributed by atoms with van der Waals surface area (Å²) >= 11 is 0. The summed E-state index contributed by atoms with van der Waals surface area (Å²) in [6.45, 7) is 3.00. The molecule has 0 saturated carbocycles. The number of carbonyl (C=O) groups excluding carboxylic acids is 2. The van der Waals surface area contributed by atoms with Crippen LogP contribution in [0.4, 0.5) is 17.1 Å². The van der Waals surface area contributed by atoms with Crippen molar-refractivity contribution >= 4 is 28.9 Å². The molecule has 1 saturated heterocycles. The maximum atomic E-state index is 12.7.